The predicted molar refractivity (Wildman–Crippen MR) is 30.6 cm³/mol. The molecular formula is C4H12NNa3O3. The Morgan fingerprint density at radius 2 is 1.73 bits per heavy atom. The molecule has 4 N–H and O–H groups in total. The van der Waals surface area contributed by atoms with Crippen LogP contribution in [0.4, 0.5) is 0 Å². The number of rotatable bonds is 2. The molecule has 0 amide bonds. The molecule has 0 unspecified atom stereocenters. The van der Waals surface area contributed by atoms with Crippen molar-refractivity contribution < 1.29 is 108 Å². The fourth-order valence-electron chi connectivity index (χ4n) is 0.206. The van der Waals surface area contributed by atoms with Gasteiger partial charge in [0.1, 0.15) is 6.04 Å². The van der Waals surface area contributed by atoms with E-state index < -0.39 is 18.1 Å². The maximum atomic E-state index is 9.86. The van der Waals surface area contributed by atoms with Gasteiger partial charge in [-0.25, -0.2) is 0 Å². The minimum atomic E-state index is -1.18. The van der Waals surface area contributed by atoms with E-state index in [2.05, 4.69) is 0 Å². The third kappa shape index (κ3) is 12.4. The molecule has 54 valence electrons. The van der Waals surface area contributed by atoms with E-state index in [0.29, 0.717) is 0 Å². The first kappa shape index (κ1) is 23.3. The quantitative estimate of drug-likeness (QED) is 0.378. The molecule has 0 rings (SSSR count). The molecule has 0 fully saturated rings. The number of nitrogens with two attached hydrogens (primary N) is 1. The molecule has 0 aliphatic rings. The van der Waals surface area contributed by atoms with Crippen LogP contribution in [-0.4, -0.2) is 28.3 Å². The Morgan fingerprint density at radius 3 is 1.73 bits per heavy atom. The molecule has 11 heavy (non-hydrogen) atoms. The van der Waals surface area contributed by atoms with Gasteiger partial charge in [-0.05, 0) is 6.92 Å². The molecule has 0 saturated carbocycles. The molecular weight excluding hydrogens is 179 g/mol. The fraction of sp³-hybridized carbons (Fsp3) is 0.750. The van der Waals surface area contributed by atoms with Gasteiger partial charge in [-0.15, -0.1) is 0 Å². The topological polar surface area (TPSA) is 83.5 Å². The second-order valence-corrected chi connectivity index (χ2v) is 1.60. The minimum absolute atomic E-state index is 0. The van der Waals surface area contributed by atoms with Gasteiger partial charge >= 0.3 is 94.6 Å². The molecule has 0 radical (unpaired) electrons. The number of hydrogen-bond donors (Lipinski definition) is 3. The summed E-state index contributed by atoms with van der Waals surface area (Å²) in [6, 6.07) is -1.16. The molecule has 0 saturated heterocycles. The van der Waals surface area contributed by atoms with E-state index in [1.165, 1.54) is 6.92 Å². The van der Waals surface area contributed by atoms with Crippen molar-refractivity contribution in [3.05, 3.63) is 0 Å². The number of carboxylic acid groups (broad SMARTS) is 1. The molecule has 0 heterocycles. The number of hydrogen-bond acceptors (Lipinski definition) is 3. The largest absolute Gasteiger partial charge is 1.00 e. The first-order chi connectivity index (χ1) is 3.55. The maximum Gasteiger partial charge on any atom is 1.00 e. The number of carbonyl (C=O) groups is 1. The summed E-state index contributed by atoms with van der Waals surface area (Å²) in [6.07, 6.45) is -0.979. The standard InChI is InChI=1S/C4H9NO3.3Na.3H/c1-2(6)3(5)4(7)8;;;;;;/h2-3,6H,5H2,1H3,(H,7,8);;;;;;/q;3*+1;3*-1/t2-,3+;;;;;;/m1....../s1. The average molecular weight is 191 g/mol. The number of carboxylic acids is 1. The maximum absolute atomic E-state index is 9.86. The van der Waals surface area contributed by atoms with Crippen LogP contribution in [0.5, 0.6) is 0 Å². The van der Waals surface area contributed by atoms with E-state index in [-0.39, 0.29) is 93.0 Å². The van der Waals surface area contributed by atoms with Crippen molar-refractivity contribution in [2.75, 3.05) is 0 Å². The summed E-state index contributed by atoms with van der Waals surface area (Å²) in [5, 5.41) is 16.6. The summed E-state index contributed by atoms with van der Waals surface area (Å²) in [7, 11) is 0. The van der Waals surface area contributed by atoms with Crippen LogP contribution in [0, 0.1) is 0 Å². The number of aliphatic hydroxyl groups excluding tert-OH is 1. The number of aliphatic carboxylic acids is 1. The van der Waals surface area contributed by atoms with E-state index in [1.54, 1.807) is 0 Å². The van der Waals surface area contributed by atoms with Crippen molar-refractivity contribution in [2.24, 2.45) is 5.73 Å². The summed E-state index contributed by atoms with van der Waals surface area (Å²) >= 11 is 0. The normalized spacial score (nSPS) is 12.6. The first-order valence-electron chi connectivity index (χ1n) is 2.22. The molecule has 0 spiro atoms. The Bertz CT molecular complexity index is 111. The Labute approximate surface area is 137 Å². The minimum Gasteiger partial charge on any atom is -1.00 e. The zero-order valence-corrected chi connectivity index (χ0v) is 13.5. The van der Waals surface area contributed by atoms with Gasteiger partial charge in [0.2, 0.25) is 0 Å². The van der Waals surface area contributed by atoms with Crippen molar-refractivity contribution in [2.45, 2.75) is 19.1 Å². The number of aliphatic hydroxyl groups is 1. The zero-order chi connectivity index (χ0) is 6.73. The van der Waals surface area contributed by atoms with Crippen molar-refractivity contribution >= 4 is 5.97 Å². The van der Waals surface area contributed by atoms with E-state index >= 15 is 0 Å². The Morgan fingerprint density at radius 1 is 1.45 bits per heavy atom. The van der Waals surface area contributed by atoms with Crippen LogP contribution in [0.3, 0.4) is 0 Å². The van der Waals surface area contributed by atoms with Crippen LogP contribution < -0.4 is 94.4 Å². The van der Waals surface area contributed by atoms with Gasteiger partial charge in [-0.1, -0.05) is 0 Å². The van der Waals surface area contributed by atoms with Gasteiger partial charge in [-0.2, -0.15) is 0 Å². The summed E-state index contributed by atoms with van der Waals surface area (Å²) in [5.74, 6) is -1.18. The van der Waals surface area contributed by atoms with Crippen LogP contribution >= 0.6 is 0 Å². The molecule has 2 atom stereocenters. The molecule has 4 nitrogen and oxygen atoms in total. The van der Waals surface area contributed by atoms with Gasteiger partial charge in [0, 0.05) is 0 Å². The smallest absolute Gasteiger partial charge is 1.00 e. The van der Waals surface area contributed by atoms with Gasteiger partial charge in [-0.3, -0.25) is 4.79 Å². The van der Waals surface area contributed by atoms with Crippen LogP contribution in [0.15, 0.2) is 0 Å². The van der Waals surface area contributed by atoms with E-state index in [0.717, 1.165) is 0 Å². The van der Waals surface area contributed by atoms with Gasteiger partial charge in [0.05, 0.1) is 6.10 Å². The Kier molecular flexibility index (Phi) is 26.3. The summed E-state index contributed by atoms with van der Waals surface area (Å²) in [5.41, 5.74) is 4.91. The molecule has 0 aromatic rings. The van der Waals surface area contributed by atoms with Crippen molar-refractivity contribution in [3.63, 3.8) is 0 Å². The second-order valence-electron chi connectivity index (χ2n) is 1.60. The first-order valence-corrected chi connectivity index (χ1v) is 2.22. The molecule has 7 heteroatoms. The third-order valence-electron chi connectivity index (χ3n) is 0.805. The molecule has 0 bridgehead atoms. The fourth-order valence-corrected chi connectivity index (χ4v) is 0.206. The molecule has 0 aliphatic heterocycles. The van der Waals surface area contributed by atoms with Gasteiger partial charge < -0.3 is 20.2 Å². The monoisotopic (exact) mass is 191 g/mol. The summed E-state index contributed by atoms with van der Waals surface area (Å²) < 4.78 is 0. The van der Waals surface area contributed by atoms with E-state index in [1.807, 2.05) is 0 Å². The molecule has 0 aromatic carbocycles. The predicted octanol–water partition coefficient (Wildman–Crippen LogP) is -9.87. The van der Waals surface area contributed by atoms with E-state index in [4.69, 9.17) is 15.9 Å². The van der Waals surface area contributed by atoms with Crippen molar-refractivity contribution in [3.8, 4) is 0 Å². The van der Waals surface area contributed by atoms with Crippen LogP contribution in [0.1, 0.15) is 11.2 Å². The average Bonchev–Trinajstić information content (AvgIpc) is 1.64. The second kappa shape index (κ2) is 12.4. The zero-order valence-electron chi connectivity index (χ0n) is 10.5. The van der Waals surface area contributed by atoms with Crippen LogP contribution in [0.2, 0.25) is 0 Å². The molecule has 0 aromatic heterocycles. The van der Waals surface area contributed by atoms with Crippen molar-refractivity contribution in [1.82, 2.24) is 0 Å². The van der Waals surface area contributed by atoms with Crippen molar-refractivity contribution in [1.29, 1.82) is 0 Å². The summed E-state index contributed by atoms with van der Waals surface area (Å²) in [4.78, 5) is 9.86. The summed E-state index contributed by atoms with van der Waals surface area (Å²) in [6.45, 7) is 1.33. The Balaban J connectivity index is -0.0000000163. The van der Waals surface area contributed by atoms with Crippen LogP contribution in [-0.2, 0) is 4.79 Å². The van der Waals surface area contributed by atoms with Crippen LogP contribution in [0.25, 0.3) is 0 Å². The Hall–Kier alpha value is 2.39. The molecule has 0 aliphatic carbocycles. The van der Waals surface area contributed by atoms with Gasteiger partial charge in [0.15, 0.2) is 0 Å². The third-order valence-corrected chi connectivity index (χ3v) is 0.805. The van der Waals surface area contributed by atoms with E-state index in [9.17, 15) is 4.79 Å². The van der Waals surface area contributed by atoms with Gasteiger partial charge in [0.25, 0.3) is 0 Å². The SMILES string of the molecule is C[C@@H](O)[C@H](N)C(=O)O.[H-].[H-].[H-].[Na+].[Na+].[Na+].